The lowest BCUT2D eigenvalue weighted by Crippen LogP contribution is -2.55. The van der Waals surface area contributed by atoms with Gasteiger partial charge in [-0.3, -0.25) is 5.09 Å². The number of aliphatic hydroxyl groups excluding tert-OH is 4. The summed E-state index contributed by atoms with van der Waals surface area (Å²) in [5.74, 6) is 0.782. The van der Waals surface area contributed by atoms with Gasteiger partial charge in [-0.15, -0.1) is 0 Å². The molecule has 8 nitrogen and oxygen atoms in total. The van der Waals surface area contributed by atoms with Gasteiger partial charge in [0.15, 0.2) is 0 Å². The van der Waals surface area contributed by atoms with Crippen LogP contribution in [0, 0.1) is 0 Å². The van der Waals surface area contributed by atoms with Crippen LogP contribution in [0.1, 0.15) is 42.1 Å². The molecule has 200 valence electrons. The van der Waals surface area contributed by atoms with Crippen LogP contribution in [-0.4, -0.2) is 77.9 Å². The molecule has 5 N–H and O–H groups in total. The van der Waals surface area contributed by atoms with Crippen LogP contribution in [0.15, 0.2) is 42.5 Å². The van der Waals surface area contributed by atoms with E-state index in [1.807, 2.05) is 30.3 Å². The van der Waals surface area contributed by atoms with E-state index in [1.165, 1.54) is 0 Å². The second-order valence-electron chi connectivity index (χ2n) is 9.59. The van der Waals surface area contributed by atoms with Gasteiger partial charge in [0.05, 0.1) is 13.2 Å². The van der Waals surface area contributed by atoms with Gasteiger partial charge in [0.25, 0.3) is 0 Å². The third-order valence-electron chi connectivity index (χ3n) is 6.19. The topological polar surface area (TPSA) is 128 Å². The van der Waals surface area contributed by atoms with E-state index >= 15 is 0 Å². The highest BCUT2D eigenvalue weighted by Crippen LogP contribution is 2.34. The fourth-order valence-corrected chi connectivity index (χ4v) is 5.03. The Balaban J connectivity index is 1.54. The highest BCUT2D eigenvalue weighted by atomic mass is 35.5. The predicted octanol–water partition coefficient (Wildman–Crippen LogP) is 3.12. The van der Waals surface area contributed by atoms with Gasteiger partial charge in [0.1, 0.15) is 43.6 Å². The lowest BCUT2D eigenvalue weighted by Gasteiger charge is -2.40. The van der Waals surface area contributed by atoms with Gasteiger partial charge in [0, 0.05) is 24.9 Å². The molecular formula is C26H37ClNO7P. The second kappa shape index (κ2) is 13.4. The van der Waals surface area contributed by atoms with Gasteiger partial charge < -0.3 is 34.5 Å². The minimum atomic E-state index is -2.16. The van der Waals surface area contributed by atoms with E-state index in [4.69, 9.17) is 21.1 Å². The third-order valence-corrected chi connectivity index (χ3v) is 7.54. The highest BCUT2D eigenvalue weighted by molar-refractivity contribution is 7.60. The summed E-state index contributed by atoms with van der Waals surface area (Å²) in [5, 5.41) is 43.6. The van der Waals surface area contributed by atoms with E-state index < -0.39 is 44.4 Å². The Hall–Kier alpha value is -1.48. The lowest BCUT2D eigenvalue weighted by atomic mass is 9.90. The molecule has 0 radical (unpaired) electrons. The molecule has 2 aromatic carbocycles. The minimum absolute atomic E-state index is 0.478. The molecule has 2 aromatic rings. The van der Waals surface area contributed by atoms with Gasteiger partial charge in [-0.25, -0.2) is 0 Å². The smallest absolute Gasteiger partial charge is 0.141 e. The molecule has 10 heteroatoms. The third kappa shape index (κ3) is 8.27. The fraction of sp³-hybridized carbons (Fsp3) is 0.538. The Morgan fingerprint density at radius 2 is 1.72 bits per heavy atom. The Labute approximate surface area is 217 Å². The number of halogens is 1. The quantitative estimate of drug-likeness (QED) is 0.205. The molecule has 1 aliphatic heterocycles. The van der Waals surface area contributed by atoms with E-state index in [1.54, 1.807) is 25.5 Å². The highest BCUT2D eigenvalue weighted by Gasteiger charge is 2.44. The van der Waals surface area contributed by atoms with Gasteiger partial charge in [-0.05, 0) is 60.6 Å². The zero-order valence-corrected chi connectivity index (χ0v) is 22.4. The molecule has 3 rings (SSSR count). The standard InChI is InChI=1S/C26H37ClNO7P/c1-36(2,33)28-12-4-3-5-13-34-20-9-6-17(7-10-20)14-19-15-18(8-11-21(19)27)26-25(32)24(31)23(30)22(16-29)35-26/h6-11,15,22-26,29-32H,3-5,12-14,16H2,1-2H3,(H,28,33). The van der Waals surface area contributed by atoms with E-state index in [0.29, 0.717) is 23.6 Å². The summed E-state index contributed by atoms with van der Waals surface area (Å²) < 4.78 is 23.1. The Morgan fingerprint density at radius 3 is 2.39 bits per heavy atom. The average molecular weight is 542 g/mol. The van der Waals surface area contributed by atoms with Crippen molar-refractivity contribution in [2.75, 3.05) is 33.1 Å². The predicted molar refractivity (Wildman–Crippen MR) is 140 cm³/mol. The van der Waals surface area contributed by atoms with E-state index in [9.17, 15) is 25.0 Å². The van der Waals surface area contributed by atoms with Crippen LogP contribution in [0.2, 0.25) is 5.02 Å². The summed E-state index contributed by atoms with van der Waals surface area (Å²) in [6.07, 6.45) is -2.65. The summed E-state index contributed by atoms with van der Waals surface area (Å²) >= 11 is 6.43. The Bertz CT molecular complexity index is 1010. The summed E-state index contributed by atoms with van der Waals surface area (Å²) in [5.41, 5.74) is 2.43. The molecule has 5 atom stereocenters. The Kier molecular flexibility index (Phi) is 10.8. The monoisotopic (exact) mass is 541 g/mol. The molecule has 0 aromatic heterocycles. The molecule has 0 aliphatic carbocycles. The molecular weight excluding hydrogens is 505 g/mol. The number of ether oxygens (including phenoxy) is 2. The second-order valence-corrected chi connectivity index (χ2v) is 13.0. The van der Waals surface area contributed by atoms with Gasteiger partial charge in [0.2, 0.25) is 0 Å². The van der Waals surface area contributed by atoms with Gasteiger partial charge in [-0.1, -0.05) is 35.9 Å². The van der Waals surface area contributed by atoms with Crippen molar-refractivity contribution in [2.45, 2.75) is 56.2 Å². The number of nitrogens with one attached hydrogen (secondary N) is 1. The Morgan fingerprint density at radius 1 is 1.00 bits per heavy atom. The number of hydrogen-bond donors (Lipinski definition) is 5. The first-order valence-electron chi connectivity index (χ1n) is 12.2. The van der Waals surface area contributed by atoms with Crippen molar-refractivity contribution in [1.82, 2.24) is 5.09 Å². The normalized spacial score (nSPS) is 24.6. The van der Waals surface area contributed by atoms with Gasteiger partial charge >= 0.3 is 0 Å². The molecule has 5 unspecified atom stereocenters. The van der Waals surface area contributed by atoms with Crippen LogP contribution < -0.4 is 9.82 Å². The van der Waals surface area contributed by atoms with Gasteiger partial charge in [-0.2, -0.15) is 0 Å². The molecule has 1 saturated heterocycles. The number of unbranched alkanes of at least 4 members (excludes halogenated alkanes) is 2. The maximum Gasteiger partial charge on any atom is 0.141 e. The van der Waals surface area contributed by atoms with E-state index in [2.05, 4.69) is 5.09 Å². The van der Waals surface area contributed by atoms with Crippen LogP contribution in [-0.2, 0) is 15.7 Å². The summed E-state index contributed by atoms with van der Waals surface area (Å²) in [7, 11) is -2.16. The molecule has 0 saturated carbocycles. The van der Waals surface area contributed by atoms with E-state index in [0.717, 1.165) is 42.7 Å². The van der Waals surface area contributed by atoms with Crippen molar-refractivity contribution in [3.05, 3.63) is 64.2 Å². The van der Waals surface area contributed by atoms with Crippen molar-refractivity contribution < 1.29 is 34.5 Å². The lowest BCUT2D eigenvalue weighted by molar-refractivity contribution is -0.231. The first-order chi connectivity index (χ1) is 17.1. The number of aliphatic hydroxyl groups is 4. The van der Waals surface area contributed by atoms with Crippen LogP contribution in [0.5, 0.6) is 5.75 Å². The van der Waals surface area contributed by atoms with Crippen LogP contribution in [0.4, 0.5) is 0 Å². The number of rotatable bonds is 12. The maximum absolute atomic E-state index is 11.6. The summed E-state index contributed by atoms with van der Waals surface area (Å²) in [6, 6.07) is 13.0. The maximum atomic E-state index is 11.6. The van der Waals surface area contributed by atoms with Crippen molar-refractivity contribution in [1.29, 1.82) is 0 Å². The van der Waals surface area contributed by atoms with Crippen molar-refractivity contribution in [2.24, 2.45) is 0 Å². The number of hydrogen-bond acceptors (Lipinski definition) is 7. The zero-order valence-electron chi connectivity index (χ0n) is 20.7. The molecule has 36 heavy (non-hydrogen) atoms. The zero-order chi connectivity index (χ0) is 26.3. The number of benzene rings is 2. The van der Waals surface area contributed by atoms with Crippen LogP contribution in [0.25, 0.3) is 0 Å². The average Bonchev–Trinajstić information content (AvgIpc) is 2.84. The van der Waals surface area contributed by atoms with Crippen molar-refractivity contribution in [3.63, 3.8) is 0 Å². The van der Waals surface area contributed by atoms with E-state index in [-0.39, 0.29) is 0 Å². The molecule has 1 heterocycles. The van der Waals surface area contributed by atoms with Crippen LogP contribution >= 0.6 is 18.9 Å². The SMILES string of the molecule is CP(C)(=O)NCCCCCOc1ccc(Cc2cc(C3OC(CO)C(O)C(O)C3O)ccc2Cl)cc1. The largest absolute Gasteiger partial charge is 0.494 e. The van der Waals surface area contributed by atoms with Crippen LogP contribution in [0.3, 0.4) is 0 Å². The van der Waals surface area contributed by atoms with Crippen molar-refractivity contribution in [3.8, 4) is 5.75 Å². The molecule has 0 amide bonds. The molecule has 1 fully saturated rings. The molecule has 1 aliphatic rings. The summed E-state index contributed by atoms with van der Waals surface area (Å²) in [4.78, 5) is 0. The molecule has 0 spiro atoms. The first kappa shape index (κ1) is 29.1. The fourth-order valence-electron chi connectivity index (χ4n) is 4.15. The van der Waals surface area contributed by atoms with Crippen molar-refractivity contribution >= 4 is 18.9 Å². The molecule has 0 bridgehead atoms. The first-order valence-corrected chi connectivity index (χ1v) is 15.2. The minimum Gasteiger partial charge on any atom is -0.494 e. The summed E-state index contributed by atoms with van der Waals surface area (Å²) in [6.45, 7) is 4.34.